The van der Waals surface area contributed by atoms with E-state index in [1.54, 1.807) is 7.11 Å². The number of nitrogens with two attached hydrogens (primary N) is 1. The first-order chi connectivity index (χ1) is 10.2. The van der Waals surface area contributed by atoms with Gasteiger partial charge in [0.05, 0.1) is 13.7 Å². The van der Waals surface area contributed by atoms with Gasteiger partial charge in [-0.25, -0.2) is 0 Å². The second-order valence-corrected chi connectivity index (χ2v) is 4.75. The van der Waals surface area contributed by atoms with Gasteiger partial charge < -0.3 is 20.5 Å². The van der Waals surface area contributed by atoms with E-state index in [4.69, 9.17) is 15.2 Å². The predicted molar refractivity (Wildman–Crippen MR) is 87.2 cm³/mol. The van der Waals surface area contributed by atoms with Crippen LogP contribution >= 0.6 is 0 Å². The Morgan fingerprint density at radius 1 is 1.10 bits per heavy atom. The van der Waals surface area contributed by atoms with Gasteiger partial charge in [-0.2, -0.15) is 0 Å². The van der Waals surface area contributed by atoms with E-state index >= 15 is 0 Å². The third-order valence-electron chi connectivity index (χ3n) is 3.12. The first kappa shape index (κ1) is 15.0. The van der Waals surface area contributed by atoms with Crippen LogP contribution in [0.1, 0.15) is 12.5 Å². The summed E-state index contributed by atoms with van der Waals surface area (Å²) in [6.07, 6.45) is 0.913. The molecule has 0 bridgehead atoms. The lowest BCUT2D eigenvalue weighted by atomic mass is 10.1. The zero-order valence-electron chi connectivity index (χ0n) is 12.6. The minimum atomic E-state index is 0.632. The van der Waals surface area contributed by atoms with E-state index in [2.05, 4.69) is 11.4 Å². The van der Waals surface area contributed by atoms with E-state index in [0.29, 0.717) is 12.3 Å². The molecule has 4 nitrogen and oxygen atoms in total. The van der Waals surface area contributed by atoms with Crippen molar-refractivity contribution in [2.24, 2.45) is 0 Å². The fourth-order valence-corrected chi connectivity index (χ4v) is 2.15. The molecule has 0 unspecified atom stereocenters. The highest BCUT2D eigenvalue weighted by atomic mass is 16.5. The zero-order chi connectivity index (χ0) is 15.1. The van der Waals surface area contributed by atoms with Crippen LogP contribution in [-0.2, 0) is 6.42 Å². The number of nitrogen functional groups attached to an aromatic ring is 1. The third-order valence-corrected chi connectivity index (χ3v) is 3.12. The summed E-state index contributed by atoms with van der Waals surface area (Å²) in [7, 11) is 1.68. The van der Waals surface area contributed by atoms with Crippen molar-refractivity contribution in [2.45, 2.75) is 13.3 Å². The first-order valence-electron chi connectivity index (χ1n) is 7.11. The molecule has 0 aliphatic heterocycles. The minimum Gasteiger partial charge on any atom is -0.497 e. The Labute approximate surface area is 125 Å². The van der Waals surface area contributed by atoms with Crippen molar-refractivity contribution in [2.75, 3.05) is 31.3 Å². The SMILES string of the molecule is CCOc1cc(N)cc(NCCc2cccc(OC)c2)c1. The van der Waals surface area contributed by atoms with Crippen molar-refractivity contribution in [1.82, 2.24) is 0 Å². The molecule has 0 amide bonds. The average molecular weight is 286 g/mol. The second-order valence-electron chi connectivity index (χ2n) is 4.75. The molecule has 2 rings (SSSR count). The largest absolute Gasteiger partial charge is 0.497 e. The molecule has 0 heterocycles. The number of nitrogens with one attached hydrogen (secondary N) is 1. The summed E-state index contributed by atoms with van der Waals surface area (Å²) >= 11 is 0. The molecule has 3 N–H and O–H groups in total. The van der Waals surface area contributed by atoms with Gasteiger partial charge in [-0.05, 0) is 37.1 Å². The lowest BCUT2D eigenvalue weighted by Gasteiger charge is -2.11. The Bertz CT molecular complexity index is 585. The van der Waals surface area contributed by atoms with Crippen LogP contribution in [0.25, 0.3) is 0 Å². The maximum atomic E-state index is 5.87. The van der Waals surface area contributed by atoms with Crippen molar-refractivity contribution >= 4 is 11.4 Å². The van der Waals surface area contributed by atoms with Crippen molar-refractivity contribution in [1.29, 1.82) is 0 Å². The maximum absolute atomic E-state index is 5.87. The van der Waals surface area contributed by atoms with Gasteiger partial charge in [-0.1, -0.05) is 12.1 Å². The molecule has 112 valence electrons. The number of ether oxygens (including phenoxy) is 2. The number of benzene rings is 2. The maximum Gasteiger partial charge on any atom is 0.123 e. The molecule has 2 aromatic carbocycles. The van der Waals surface area contributed by atoms with Gasteiger partial charge in [0, 0.05) is 30.1 Å². The van der Waals surface area contributed by atoms with Gasteiger partial charge in [0.25, 0.3) is 0 Å². The van der Waals surface area contributed by atoms with E-state index in [9.17, 15) is 0 Å². The molecule has 0 fully saturated rings. The highest BCUT2D eigenvalue weighted by Gasteiger charge is 2.00. The molecule has 0 saturated carbocycles. The zero-order valence-corrected chi connectivity index (χ0v) is 12.6. The van der Waals surface area contributed by atoms with Crippen LogP contribution in [-0.4, -0.2) is 20.3 Å². The second kappa shape index (κ2) is 7.43. The highest BCUT2D eigenvalue weighted by molar-refractivity contribution is 5.59. The van der Waals surface area contributed by atoms with Crippen molar-refractivity contribution in [3.63, 3.8) is 0 Å². The molecule has 0 aliphatic rings. The van der Waals surface area contributed by atoms with Gasteiger partial charge in [0.15, 0.2) is 0 Å². The van der Waals surface area contributed by atoms with E-state index in [-0.39, 0.29) is 0 Å². The van der Waals surface area contributed by atoms with Gasteiger partial charge in [0.1, 0.15) is 11.5 Å². The number of hydrogen-bond donors (Lipinski definition) is 2. The molecule has 4 heteroatoms. The third kappa shape index (κ3) is 4.60. The standard InChI is InChI=1S/C17H22N2O2/c1-3-21-17-11-14(18)10-15(12-17)19-8-7-13-5-4-6-16(9-13)20-2/h4-6,9-12,19H,3,7-8,18H2,1-2H3. The van der Waals surface area contributed by atoms with Crippen LogP contribution in [0.3, 0.4) is 0 Å². The quantitative estimate of drug-likeness (QED) is 0.767. The lowest BCUT2D eigenvalue weighted by Crippen LogP contribution is -2.06. The summed E-state index contributed by atoms with van der Waals surface area (Å²) in [4.78, 5) is 0. The topological polar surface area (TPSA) is 56.5 Å². The highest BCUT2D eigenvalue weighted by Crippen LogP contribution is 2.22. The summed E-state index contributed by atoms with van der Waals surface area (Å²) in [6, 6.07) is 13.8. The molecule has 0 radical (unpaired) electrons. The Hall–Kier alpha value is -2.36. The van der Waals surface area contributed by atoms with Crippen molar-refractivity contribution < 1.29 is 9.47 Å². The van der Waals surface area contributed by atoms with E-state index in [0.717, 1.165) is 30.2 Å². The number of rotatable bonds is 7. The lowest BCUT2D eigenvalue weighted by molar-refractivity contribution is 0.340. The first-order valence-corrected chi connectivity index (χ1v) is 7.11. The van der Waals surface area contributed by atoms with Crippen LogP contribution in [0.2, 0.25) is 0 Å². The average Bonchev–Trinajstić information content (AvgIpc) is 2.47. The Kier molecular flexibility index (Phi) is 5.32. The summed E-state index contributed by atoms with van der Waals surface area (Å²) in [5.74, 6) is 1.68. The van der Waals surface area contributed by atoms with E-state index < -0.39 is 0 Å². The fourth-order valence-electron chi connectivity index (χ4n) is 2.15. The van der Waals surface area contributed by atoms with Crippen molar-refractivity contribution in [3.05, 3.63) is 48.0 Å². The van der Waals surface area contributed by atoms with Crippen LogP contribution < -0.4 is 20.5 Å². The molecular weight excluding hydrogens is 264 g/mol. The van der Waals surface area contributed by atoms with Crippen LogP contribution in [0.5, 0.6) is 11.5 Å². The van der Waals surface area contributed by atoms with Gasteiger partial charge >= 0.3 is 0 Å². The number of anilines is 2. The summed E-state index contributed by atoms with van der Waals surface area (Å²) < 4.78 is 10.7. The Morgan fingerprint density at radius 3 is 2.71 bits per heavy atom. The molecule has 2 aromatic rings. The molecule has 0 spiro atoms. The Balaban J connectivity index is 1.93. The summed E-state index contributed by atoms with van der Waals surface area (Å²) in [5.41, 5.74) is 8.78. The van der Waals surface area contributed by atoms with Crippen LogP contribution in [0.4, 0.5) is 11.4 Å². The number of methoxy groups -OCH3 is 1. The van der Waals surface area contributed by atoms with Gasteiger partial charge in [-0.15, -0.1) is 0 Å². The molecule has 21 heavy (non-hydrogen) atoms. The fraction of sp³-hybridized carbons (Fsp3) is 0.294. The van der Waals surface area contributed by atoms with Gasteiger partial charge in [-0.3, -0.25) is 0 Å². The monoisotopic (exact) mass is 286 g/mol. The summed E-state index contributed by atoms with van der Waals surface area (Å²) in [5, 5.41) is 3.37. The van der Waals surface area contributed by atoms with Gasteiger partial charge in [0.2, 0.25) is 0 Å². The van der Waals surface area contributed by atoms with E-state index in [1.165, 1.54) is 5.56 Å². The van der Waals surface area contributed by atoms with E-state index in [1.807, 2.05) is 43.3 Å². The van der Waals surface area contributed by atoms with Crippen LogP contribution in [0, 0.1) is 0 Å². The molecule has 0 aliphatic carbocycles. The molecular formula is C17H22N2O2. The van der Waals surface area contributed by atoms with Crippen LogP contribution in [0.15, 0.2) is 42.5 Å². The Morgan fingerprint density at radius 2 is 1.95 bits per heavy atom. The predicted octanol–water partition coefficient (Wildman–Crippen LogP) is 3.33. The van der Waals surface area contributed by atoms with Crippen molar-refractivity contribution in [3.8, 4) is 11.5 Å². The normalized spacial score (nSPS) is 10.2. The summed E-state index contributed by atoms with van der Waals surface area (Å²) in [6.45, 7) is 3.41. The minimum absolute atomic E-state index is 0.632. The molecule has 0 atom stereocenters. The molecule has 0 saturated heterocycles. The molecule has 0 aromatic heterocycles. The smallest absolute Gasteiger partial charge is 0.123 e. The number of hydrogen-bond acceptors (Lipinski definition) is 4.